The van der Waals surface area contributed by atoms with Gasteiger partial charge in [0.05, 0.1) is 11.8 Å². The third kappa shape index (κ3) is 5.69. The molecule has 0 fully saturated rings. The lowest BCUT2D eigenvalue weighted by Gasteiger charge is -2.15. The Bertz CT molecular complexity index is 931. The number of hydrogen-bond acceptors (Lipinski definition) is 6. The number of rotatable bonds is 7. The minimum atomic E-state index is -0.153. The van der Waals surface area contributed by atoms with Crippen molar-refractivity contribution in [2.45, 2.75) is 24.2 Å². The molecule has 0 aliphatic heterocycles. The first-order chi connectivity index (χ1) is 13.0. The molecule has 2 aromatic carbocycles. The van der Waals surface area contributed by atoms with Gasteiger partial charge in [-0.05, 0) is 43.2 Å². The van der Waals surface area contributed by atoms with Gasteiger partial charge >= 0.3 is 0 Å². The molecule has 0 radical (unpaired) electrons. The largest absolute Gasteiger partial charge is 0.349 e. The Balaban J connectivity index is 1.51. The van der Waals surface area contributed by atoms with Gasteiger partial charge in [0.2, 0.25) is 11.0 Å². The molecule has 0 aliphatic rings. The van der Waals surface area contributed by atoms with E-state index in [-0.39, 0.29) is 17.7 Å². The monoisotopic (exact) mass is 418 g/mol. The summed E-state index contributed by atoms with van der Waals surface area (Å²) in [4.78, 5) is 12.2. The second-order valence-corrected chi connectivity index (χ2v) is 8.57. The number of aromatic nitrogens is 2. The first-order valence-corrected chi connectivity index (χ1v) is 10.5. The van der Waals surface area contributed by atoms with Crippen LogP contribution in [0, 0.1) is 6.92 Å². The summed E-state index contributed by atoms with van der Waals surface area (Å²) in [5.41, 5.74) is 3.04. The number of anilines is 2. The zero-order chi connectivity index (χ0) is 19.2. The molecule has 2 N–H and O–H groups in total. The maximum absolute atomic E-state index is 12.2. The number of nitrogens with one attached hydrogen (secondary N) is 2. The Hall–Kier alpha value is -2.09. The highest BCUT2D eigenvalue weighted by molar-refractivity contribution is 8.01. The molecule has 3 aromatic rings. The highest BCUT2D eigenvalue weighted by Gasteiger charge is 2.13. The molecule has 140 valence electrons. The van der Waals surface area contributed by atoms with E-state index < -0.39 is 0 Å². The average Bonchev–Trinajstić information content (AvgIpc) is 3.07. The van der Waals surface area contributed by atoms with Crippen LogP contribution in [0.15, 0.2) is 52.9 Å². The lowest BCUT2D eigenvalue weighted by Crippen LogP contribution is -2.28. The maximum Gasteiger partial charge on any atom is 0.230 e. The number of aryl methyl sites for hydroxylation is 1. The zero-order valence-corrected chi connectivity index (χ0v) is 17.3. The first kappa shape index (κ1) is 19.7. The minimum Gasteiger partial charge on any atom is -0.349 e. The number of hydrogen-bond donors (Lipinski definition) is 2. The van der Waals surface area contributed by atoms with E-state index in [1.54, 1.807) is 0 Å². The van der Waals surface area contributed by atoms with Gasteiger partial charge in [-0.1, -0.05) is 65.0 Å². The van der Waals surface area contributed by atoms with E-state index >= 15 is 0 Å². The van der Waals surface area contributed by atoms with Crippen LogP contribution < -0.4 is 10.6 Å². The summed E-state index contributed by atoms with van der Waals surface area (Å²) in [7, 11) is 0. The third-order valence-corrected chi connectivity index (χ3v) is 6.07. The van der Waals surface area contributed by atoms with E-state index in [9.17, 15) is 4.79 Å². The van der Waals surface area contributed by atoms with Crippen LogP contribution >= 0.6 is 34.7 Å². The maximum atomic E-state index is 12.2. The molecule has 0 saturated carbocycles. The van der Waals surface area contributed by atoms with Crippen LogP contribution in [-0.4, -0.2) is 21.9 Å². The molecule has 1 amide bonds. The van der Waals surface area contributed by atoms with Crippen molar-refractivity contribution in [1.82, 2.24) is 15.5 Å². The number of thioether (sulfide) groups is 1. The molecule has 0 aliphatic carbocycles. The third-order valence-electron chi connectivity index (χ3n) is 3.75. The summed E-state index contributed by atoms with van der Waals surface area (Å²) in [5, 5.41) is 15.8. The Morgan fingerprint density at radius 3 is 2.81 bits per heavy atom. The molecule has 5 nitrogen and oxygen atoms in total. The molecule has 0 bridgehead atoms. The van der Waals surface area contributed by atoms with Gasteiger partial charge in [-0.3, -0.25) is 4.79 Å². The summed E-state index contributed by atoms with van der Waals surface area (Å²) >= 11 is 8.96. The molecule has 0 spiro atoms. The highest BCUT2D eigenvalue weighted by Crippen LogP contribution is 2.28. The van der Waals surface area contributed by atoms with E-state index in [0.29, 0.717) is 10.2 Å². The summed E-state index contributed by atoms with van der Waals surface area (Å²) in [5.74, 6) is 0.198. The van der Waals surface area contributed by atoms with Gasteiger partial charge in [-0.25, -0.2) is 0 Å². The number of halogens is 1. The predicted octanol–water partition coefficient (Wildman–Crippen LogP) is 5.21. The van der Waals surface area contributed by atoms with Crippen LogP contribution in [0.4, 0.5) is 10.8 Å². The van der Waals surface area contributed by atoms with Gasteiger partial charge in [-0.2, -0.15) is 0 Å². The van der Waals surface area contributed by atoms with Crippen LogP contribution in [-0.2, 0) is 4.79 Å². The molecule has 1 atom stereocenters. The van der Waals surface area contributed by atoms with E-state index in [1.165, 1.54) is 28.7 Å². The number of benzene rings is 2. The number of carbonyl (C=O) groups excluding carboxylic acids is 1. The molecule has 1 aromatic heterocycles. The summed E-state index contributed by atoms with van der Waals surface area (Å²) in [6.45, 7) is 3.95. The zero-order valence-electron chi connectivity index (χ0n) is 14.9. The van der Waals surface area contributed by atoms with Crippen LogP contribution in [0.1, 0.15) is 24.1 Å². The van der Waals surface area contributed by atoms with Crippen molar-refractivity contribution in [2.75, 3.05) is 11.1 Å². The second kappa shape index (κ2) is 9.21. The van der Waals surface area contributed by atoms with Crippen LogP contribution in [0.2, 0.25) is 5.02 Å². The normalized spacial score (nSPS) is 11.8. The smallest absolute Gasteiger partial charge is 0.230 e. The fourth-order valence-electron chi connectivity index (χ4n) is 2.48. The van der Waals surface area contributed by atoms with Gasteiger partial charge in [0, 0.05) is 10.7 Å². The minimum absolute atomic E-state index is 0.0733. The van der Waals surface area contributed by atoms with Crippen molar-refractivity contribution < 1.29 is 4.79 Å². The predicted molar refractivity (Wildman–Crippen MR) is 113 cm³/mol. The Morgan fingerprint density at radius 2 is 2.04 bits per heavy atom. The molecule has 8 heteroatoms. The van der Waals surface area contributed by atoms with Crippen LogP contribution in [0.25, 0.3) is 0 Å². The van der Waals surface area contributed by atoms with Crippen molar-refractivity contribution >= 4 is 51.4 Å². The molecule has 0 saturated heterocycles. The number of carbonyl (C=O) groups is 1. The van der Waals surface area contributed by atoms with Gasteiger partial charge in [0.25, 0.3) is 0 Å². The highest BCUT2D eigenvalue weighted by atomic mass is 35.5. The van der Waals surface area contributed by atoms with Crippen molar-refractivity contribution in [3.8, 4) is 0 Å². The second-order valence-electron chi connectivity index (χ2n) is 5.97. The molecular formula is C19H19ClN4OS2. The molecule has 1 heterocycles. The van der Waals surface area contributed by atoms with Gasteiger partial charge in [0.15, 0.2) is 4.34 Å². The SMILES string of the molecule is Cc1cccc(Nc2nnc(SCC(=O)NC(C)c3ccccc3Cl)s2)c1. The van der Waals surface area contributed by atoms with Gasteiger partial charge in [0.1, 0.15) is 0 Å². The van der Waals surface area contributed by atoms with Crippen molar-refractivity contribution in [3.63, 3.8) is 0 Å². The summed E-state index contributed by atoms with van der Waals surface area (Å²) in [6.07, 6.45) is 0. The molecular weight excluding hydrogens is 400 g/mol. The van der Waals surface area contributed by atoms with E-state index in [0.717, 1.165) is 15.6 Å². The van der Waals surface area contributed by atoms with E-state index in [1.807, 2.05) is 62.4 Å². The Kier molecular flexibility index (Phi) is 6.71. The number of amides is 1. The van der Waals surface area contributed by atoms with Gasteiger partial charge in [-0.15, -0.1) is 10.2 Å². The number of nitrogens with zero attached hydrogens (tertiary/aromatic N) is 2. The Morgan fingerprint density at radius 1 is 1.22 bits per heavy atom. The Labute approximate surface area is 171 Å². The average molecular weight is 419 g/mol. The van der Waals surface area contributed by atoms with Gasteiger partial charge < -0.3 is 10.6 Å². The summed E-state index contributed by atoms with van der Waals surface area (Å²) < 4.78 is 0.741. The van der Waals surface area contributed by atoms with Crippen LogP contribution in [0.3, 0.4) is 0 Å². The van der Waals surface area contributed by atoms with Crippen molar-refractivity contribution in [1.29, 1.82) is 0 Å². The molecule has 27 heavy (non-hydrogen) atoms. The molecule has 3 rings (SSSR count). The fourth-order valence-corrected chi connectivity index (χ4v) is 4.36. The summed E-state index contributed by atoms with van der Waals surface area (Å²) in [6, 6.07) is 15.4. The standard InChI is InChI=1S/C19H19ClN4OS2/c1-12-6-5-7-14(10-12)22-18-23-24-19(27-18)26-11-17(25)21-13(2)15-8-3-4-9-16(15)20/h3-10,13H,11H2,1-2H3,(H,21,25)(H,22,23). The van der Waals surface area contributed by atoms with Crippen molar-refractivity contribution in [3.05, 3.63) is 64.7 Å². The first-order valence-electron chi connectivity index (χ1n) is 8.35. The van der Waals surface area contributed by atoms with E-state index in [2.05, 4.69) is 20.8 Å². The topological polar surface area (TPSA) is 66.9 Å². The van der Waals surface area contributed by atoms with E-state index in [4.69, 9.17) is 11.6 Å². The lowest BCUT2D eigenvalue weighted by molar-refractivity contribution is -0.119. The van der Waals surface area contributed by atoms with Crippen molar-refractivity contribution in [2.24, 2.45) is 0 Å². The molecule has 1 unspecified atom stereocenters. The van der Waals surface area contributed by atoms with Crippen LogP contribution in [0.5, 0.6) is 0 Å². The fraction of sp³-hybridized carbons (Fsp3) is 0.211. The lowest BCUT2D eigenvalue weighted by atomic mass is 10.1. The quantitative estimate of drug-likeness (QED) is 0.515.